The minimum atomic E-state index is -0.0592. The summed E-state index contributed by atoms with van der Waals surface area (Å²) < 4.78 is 6.89. The van der Waals surface area contributed by atoms with E-state index in [2.05, 4.69) is 35.5 Å². The molecule has 0 bridgehead atoms. The van der Waals surface area contributed by atoms with Crippen LogP contribution in [0.3, 0.4) is 0 Å². The van der Waals surface area contributed by atoms with Gasteiger partial charge in [0.25, 0.3) is 5.89 Å². The van der Waals surface area contributed by atoms with Gasteiger partial charge < -0.3 is 15.6 Å². The van der Waals surface area contributed by atoms with Crippen molar-refractivity contribution in [2.45, 2.75) is 25.4 Å². The predicted octanol–water partition coefficient (Wildman–Crippen LogP) is 1.31. The summed E-state index contributed by atoms with van der Waals surface area (Å²) in [4.78, 5) is 28.6. The summed E-state index contributed by atoms with van der Waals surface area (Å²) in [6, 6.07) is 3.97. The van der Waals surface area contributed by atoms with E-state index in [0.717, 1.165) is 18.4 Å². The van der Waals surface area contributed by atoms with Gasteiger partial charge in [-0.1, -0.05) is 5.16 Å². The molecule has 150 valence electrons. The number of carbonyl (C=O) groups is 1. The number of anilines is 1. The molecule has 30 heavy (non-hydrogen) atoms. The first kappa shape index (κ1) is 17.9. The summed E-state index contributed by atoms with van der Waals surface area (Å²) >= 11 is 0. The minimum Gasteiger partial charge on any atom is -0.368 e. The van der Waals surface area contributed by atoms with Gasteiger partial charge in [-0.3, -0.25) is 14.5 Å². The van der Waals surface area contributed by atoms with Gasteiger partial charge in [0.1, 0.15) is 6.54 Å². The van der Waals surface area contributed by atoms with E-state index >= 15 is 0 Å². The zero-order chi connectivity index (χ0) is 20.5. The van der Waals surface area contributed by atoms with Crippen molar-refractivity contribution in [3.8, 4) is 34.1 Å². The monoisotopic (exact) mass is 403 g/mol. The Hall–Kier alpha value is -4.15. The van der Waals surface area contributed by atoms with Crippen LogP contribution in [-0.4, -0.2) is 46.8 Å². The highest BCUT2D eigenvalue weighted by molar-refractivity contribution is 5.76. The van der Waals surface area contributed by atoms with E-state index in [9.17, 15) is 4.79 Å². The van der Waals surface area contributed by atoms with E-state index in [1.54, 1.807) is 35.7 Å². The van der Waals surface area contributed by atoms with Crippen LogP contribution < -0.4 is 11.1 Å². The summed E-state index contributed by atoms with van der Waals surface area (Å²) in [5.74, 6) is 0.865. The Kier molecular flexibility index (Phi) is 4.39. The number of rotatable bonds is 6. The molecule has 11 nitrogen and oxygen atoms in total. The second-order valence-electron chi connectivity index (χ2n) is 6.95. The third kappa shape index (κ3) is 3.85. The molecular formula is C19H17N9O2. The Morgan fingerprint density at radius 2 is 1.90 bits per heavy atom. The van der Waals surface area contributed by atoms with Crippen LogP contribution in [0.2, 0.25) is 0 Å². The standard InChI is InChI=1S/C19H17N9O2/c20-19-22-6-12(7-23-19)15-4-1-11(5-21-15)17-26-18(30-27-17)13-8-24-28(9-13)10-16(29)25-14-2-3-14/h1,4-9,14H,2-3,10H2,(H,25,29)(H2,20,22,23). The van der Waals surface area contributed by atoms with Gasteiger partial charge in [0, 0.05) is 42.0 Å². The number of nitrogen functional groups attached to an aromatic ring is 1. The molecule has 5 rings (SSSR count). The van der Waals surface area contributed by atoms with E-state index in [1.807, 2.05) is 12.1 Å². The molecule has 1 aliphatic carbocycles. The van der Waals surface area contributed by atoms with Gasteiger partial charge in [0.05, 0.1) is 17.5 Å². The molecule has 4 aromatic rings. The topological polar surface area (TPSA) is 151 Å². The van der Waals surface area contributed by atoms with Crippen molar-refractivity contribution in [3.63, 3.8) is 0 Å². The van der Waals surface area contributed by atoms with E-state index in [4.69, 9.17) is 10.3 Å². The summed E-state index contributed by atoms with van der Waals surface area (Å²) in [6.45, 7) is 0.151. The highest BCUT2D eigenvalue weighted by atomic mass is 16.5. The first-order chi connectivity index (χ1) is 14.6. The number of pyridine rings is 1. The third-order valence-electron chi connectivity index (χ3n) is 4.54. The van der Waals surface area contributed by atoms with Gasteiger partial charge in [0.2, 0.25) is 17.7 Å². The molecule has 0 atom stereocenters. The highest BCUT2D eigenvalue weighted by Gasteiger charge is 2.23. The Labute approximate surface area is 170 Å². The van der Waals surface area contributed by atoms with Crippen molar-refractivity contribution < 1.29 is 9.32 Å². The Morgan fingerprint density at radius 3 is 2.63 bits per heavy atom. The first-order valence-corrected chi connectivity index (χ1v) is 9.34. The summed E-state index contributed by atoms with van der Waals surface area (Å²) in [7, 11) is 0. The van der Waals surface area contributed by atoms with Crippen LogP contribution in [0, 0.1) is 0 Å². The summed E-state index contributed by atoms with van der Waals surface area (Å²) in [6.07, 6.45) is 10.2. The van der Waals surface area contributed by atoms with Crippen LogP contribution in [0.5, 0.6) is 0 Å². The summed E-state index contributed by atoms with van der Waals surface area (Å²) in [5, 5.41) is 11.1. The maximum Gasteiger partial charge on any atom is 0.261 e. The average Bonchev–Trinajstić information content (AvgIpc) is 3.24. The maximum atomic E-state index is 11.9. The predicted molar refractivity (Wildman–Crippen MR) is 105 cm³/mol. The minimum absolute atomic E-state index is 0.0592. The maximum absolute atomic E-state index is 11.9. The van der Waals surface area contributed by atoms with E-state index in [1.165, 1.54) is 0 Å². The van der Waals surface area contributed by atoms with Crippen LogP contribution in [-0.2, 0) is 11.3 Å². The van der Waals surface area contributed by atoms with Crippen molar-refractivity contribution >= 4 is 11.9 Å². The fourth-order valence-electron chi connectivity index (χ4n) is 2.83. The molecule has 1 aliphatic rings. The van der Waals surface area contributed by atoms with Crippen molar-refractivity contribution in [2.24, 2.45) is 0 Å². The number of hydrogen-bond acceptors (Lipinski definition) is 9. The number of carbonyl (C=O) groups excluding carboxylic acids is 1. The molecule has 3 N–H and O–H groups in total. The van der Waals surface area contributed by atoms with Crippen LogP contribution in [0.4, 0.5) is 5.95 Å². The molecule has 0 aliphatic heterocycles. The lowest BCUT2D eigenvalue weighted by Crippen LogP contribution is -2.29. The number of amides is 1. The molecule has 0 unspecified atom stereocenters. The lowest BCUT2D eigenvalue weighted by molar-refractivity contribution is -0.122. The van der Waals surface area contributed by atoms with E-state index < -0.39 is 0 Å². The van der Waals surface area contributed by atoms with Crippen LogP contribution >= 0.6 is 0 Å². The molecule has 0 radical (unpaired) electrons. The van der Waals surface area contributed by atoms with Gasteiger partial charge in [0.15, 0.2) is 0 Å². The summed E-state index contributed by atoms with van der Waals surface area (Å²) in [5.41, 5.74) is 8.29. The number of nitrogens with zero attached hydrogens (tertiary/aromatic N) is 7. The van der Waals surface area contributed by atoms with Crippen LogP contribution in [0.25, 0.3) is 34.1 Å². The number of nitrogens with two attached hydrogens (primary N) is 1. The van der Waals surface area contributed by atoms with E-state index in [-0.39, 0.29) is 18.4 Å². The van der Waals surface area contributed by atoms with Crippen LogP contribution in [0.15, 0.2) is 47.6 Å². The molecule has 4 aromatic heterocycles. The van der Waals surface area contributed by atoms with Gasteiger partial charge in [-0.2, -0.15) is 10.1 Å². The molecule has 0 aromatic carbocycles. The van der Waals surface area contributed by atoms with Gasteiger partial charge in [-0.15, -0.1) is 0 Å². The van der Waals surface area contributed by atoms with Gasteiger partial charge >= 0.3 is 0 Å². The molecule has 1 fully saturated rings. The van der Waals surface area contributed by atoms with Crippen molar-refractivity contribution in [1.82, 2.24) is 40.2 Å². The first-order valence-electron chi connectivity index (χ1n) is 9.34. The molecular weight excluding hydrogens is 386 g/mol. The normalized spacial score (nSPS) is 13.3. The van der Waals surface area contributed by atoms with Crippen molar-refractivity contribution in [2.75, 3.05) is 5.73 Å². The zero-order valence-corrected chi connectivity index (χ0v) is 15.8. The van der Waals surface area contributed by atoms with Crippen LogP contribution in [0.1, 0.15) is 12.8 Å². The quantitative estimate of drug-likeness (QED) is 0.485. The zero-order valence-electron chi connectivity index (χ0n) is 15.8. The fourth-order valence-corrected chi connectivity index (χ4v) is 2.83. The third-order valence-corrected chi connectivity index (χ3v) is 4.54. The lowest BCUT2D eigenvalue weighted by Gasteiger charge is -2.02. The number of aromatic nitrogens is 7. The molecule has 11 heteroatoms. The SMILES string of the molecule is Nc1ncc(-c2ccc(-c3noc(-c4cnn(CC(=O)NC5CC5)c4)n3)cn2)cn1. The Bertz CT molecular complexity index is 1180. The van der Waals surface area contributed by atoms with Gasteiger partial charge in [-0.25, -0.2) is 9.97 Å². The highest BCUT2D eigenvalue weighted by Crippen LogP contribution is 2.23. The molecule has 1 saturated carbocycles. The molecule has 4 heterocycles. The molecule has 0 saturated heterocycles. The Morgan fingerprint density at radius 1 is 1.10 bits per heavy atom. The second-order valence-corrected chi connectivity index (χ2v) is 6.95. The Balaban J connectivity index is 1.29. The average molecular weight is 403 g/mol. The fraction of sp³-hybridized carbons (Fsp3) is 0.211. The van der Waals surface area contributed by atoms with Crippen molar-refractivity contribution in [1.29, 1.82) is 0 Å². The van der Waals surface area contributed by atoms with E-state index in [0.29, 0.717) is 34.6 Å². The smallest absolute Gasteiger partial charge is 0.261 e. The number of nitrogens with one attached hydrogen (secondary N) is 1. The second kappa shape index (κ2) is 7.35. The lowest BCUT2D eigenvalue weighted by atomic mass is 10.2. The largest absolute Gasteiger partial charge is 0.368 e. The van der Waals surface area contributed by atoms with Crippen molar-refractivity contribution in [3.05, 3.63) is 43.1 Å². The number of hydrogen-bond donors (Lipinski definition) is 2. The molecule has 1 amide bonds. The molecule has 0 spiro atoms. The van der Waals surface area contributed by atoms with Gasteiger partial charge in [-0.05, 0) is 25.0 Å².